The van der Waals surface area contributed by atoms with Crippen LogP contribution in [0.4, 0.5) is 5.69 Å². The predicted octanol–water partition coefficient (Wildman–Crippen LogP) is 1.51. The molecule has 94 valence electrons. The number of benzene rings is 1. The van der Waals surface area contributed by atoms with Crippen molar-refractivity contribution in [1.82, 2.24) is 4.90 Å². The molecule has 1 saturated heterocycles. The highest BCUT2D eigenvalue weighted by molar-refractivity contribution is 5.78. The molecule has 0 saturated carbocycles. The van der Waals surface area contributed by atoms with Gasteiger partial charge in [-0.05, 0) is 32.2 Å². The molecule has 1 atom stereocenters. The SMILES string of the molecule is CC1CN(C)CCN1c1ccc(C=O)cc1C#N. The van der Waals surface area contributed by atoms with Crippen molar-refractivity contribution in [1.29, 1.82) is 5.26 Å². The molecule has 0 aliphatic carbocycles. The summed E-state index contributed by atoms with van der Waals surface area (Å²) in [7, 11) is 2.11. The molecule has 0 spiro atoms. The molecule has 0 N–H and O–H groups in total. The van der Waals surface area contributed by atoms with Crippen LogP contribution in [0.25, 0.3) is 0 Å². The van der Waals surface area contributed by atoms with E-state index in [0.717, 1.165) is 31.6 Å². The van der Waals surface area contributed by atoms with Crippen LogP contribution in [-0.2, 0) is 0 Å². The standard InChI is InChI=1S/C14H17N3O/c1-11-9-16(2)5-6-17(11)14-4-3-12(10-18)7-13(14)8-15/h3-4,7,10-11H,5-6,9H2,1-2H3. The predicted molar refractivity (Wildman–Crippen MR) is 70.8 cm³/mol. The molecule has 1 heterocycles. The summed E-state index contributed by atoms with van der Waals surface area (Å²) in [5, 5.41) is 9.20. The molecule has 0 radical (unpaired) electrons. The van der Waals surface area contributed by atoms with Crippen LogP contribution >= 0.6 is 0 Å². The van der Waals surface area contributed by atoms with Gasteiger partial charge in [0, 0.05) is 31.2 Å². The van der Waals surface area contributed by atoms with Crippen LogP contribution in [0, 0.1) is 11.3 Å². The van der Waals surface area contributed by atoms with Crippen molar-refractivity contribution in [3.05, 3.63) is 29.3 Å². The van der Waals surface area contributed by atoms with E-state index in [2.05, 4.69) is 29.8 Å². The number of hydrogen-bond acceptors (Lipinski definition) is 4. The van der Waals surface area contributed by atoms with Crippen LogP contribution < -0.4 is 4.90 Å². The fourth-order valence-electron chi connectivity index (χ4n) is 2.46. The van der Waals surface area contributed by atoms with E-state index in [1.165, 1.54) is 0 Å². The van der Waals surface area contributed by atoms with Crippen LogP contribution in [0.3, 0.4) is 0 Å². The van der Waals surface area contributed by atoms with Gasteiger partial charge in [0.1, 0.15) is 12.4 Å². The summed E-state index contributed by atoms with van der Waals surface area (Å²) < 4.78 is 0. The van der Waals surface area contributed by atoms with Crippen molar-refractivity contribution in [3.8, 4) is 6.07 Å². The Morgan fingerprint density at radius 3 is 2.83 bits per heavy atom. The first-order valence-corrected chi connectivity index (χ1v) is 6.10. The number of nitriles is 1. The third-order valence-corrected chi connectivity index (χ3v) is 3.42. The van der Waals surface area contributed by atoms with Gasteiger partial charge in [0.25, 0.3) is 0 Å². The molecule has 0 amide bonds. The number of nitrogens with zero attached hydrogens (tertiary/aromatic N) is 3. The molecule has 1 aromatic carbocycles. The molecule has 18 heavy (non-hydrogen) atoms. The fraction of sp³-hybridized carbons (Fsp3) is 0.429. The summed E-state index contributed by atoms with van der Waals surface area (Å²) >= 11 is 0. The number of piperazine rings is 1. The third kappa shape index (κ3) is 2.36. The van der Waals surface area contributed by atoms with Crippen molar-refractivity contribution in [2.75, 3.05) is 31.6 Å². The molecule has 1 unspecified atom stereocenters. The van der Waals surface area contributed by atoms with Crippen molar-refractivity contribution < 1.29 is 4.79 Å². The van der Waals surface area contributed by atoms with E-state index in [1.807, 2.05) is 6.07 Å². The van der Waals surface area contributed by atoms with Crippen molar-refractivity contribution in [3.63, 3.8) is 0 Å². The minimum absolute atomic E-state index is 0.373. The third-order valence-electron chi connectivity index (χ3n) is 3.42. The van der Waals surface area contributed by atoms with Crippen LogP contribution in [-0.4, -0.2) is 43.9 Å². The van der Waals surface area contributed by atoms with Gasteiger partial charge in [-0.1, -0.05) is 0 Å². The number of carbonyl (C=O) groups excluding carboxylic acids is 1. The Labute approximate surface area is 107 Å². The van der Waals surface area contributed by atoms with E-state index in [-0.39, 0.29) is 0 Å². The summed E-state index contributed by atoms with van der Waals surface area (Å²) in [5.41, 5.74) is 2.07. The minimum Gasteiger partial charge on any atom is -0.365 e. The molecule has 4 nitrogen and oxygen atoms in total. The maximum absolute atomic E-state index is 10.7. The second kappa shape index (κ2) is 5.19. The first kappa shape index (κ1) is 12.6. The van der Waals surface area contributed by atoms with E-state index in [1.54, 1.807) is 12.1 Å². The first-order chi connectivity index (χ1) is 8.65. The van der Waals surface area contributed by atoms with Gasteiger partial charge < -0.3 is 9.80 Å². The zero-order valence-electron chi connectivity index (χ0n) is 10.8. The minimum atomic E-state index is 0.373. The Balaban J connectivity index is 2.33. The molecule has 4 heteroatoms. The van der Waals surface area contributed by atoms with E-state index in [4.69, 9.17) is 0 Å². The summed E-state index contributed by atoms with van der Waals surface area (Å²) in [6.45, 7) is 5.04. The molecule has 0 aromatic heterocycles. The van der Waals surface area contributed by atoms with Gasteiger partial charge in [0.05, 0.1) is 11.3 Å². The lowest BCUT2D eigenvalue weighted by molar-refractivity contribution is 0.112. The van der Waals surface area contributed by atoms with Gasteiger partial charge in [-0.15, -0.1) is 0 Å². The van der Waals surface area contributed by atoms with Crippen molar-refractivity contribution in [2.45, 2.75) is 13.0 Å². The largest absolute Gasteiger partial charge is 0.365 e. The van der Waals surface area contributed by atoms with Gasteiger partial charge in [0.15, 0.2) is 0 Å². The fourth-order valence-corrected chi connectivity index (χ4v) is 2.46. The molecular weight excluding hydrogens is 226 g/mol. The molecule has 1 aliphatic heterocycles. The smallest absolute Gasteiger partial charge is 0.150 e. The number of likely N-dealkylation sites (N-methyl/N-ethyl adjacent to an activating group) is 1. The second-order valence-electron chi connectivity index (χ2n) is 4.81. The highest BCUT2D eigenvalue weighted by Gasteiger charge is 2.23. The highest BCUT2D eigenvalue weighted by atomic mass is 16.1. The zero-order valence-corrected chi connectivity index (χ0v) is 10.8. The van der Waals surface area contributed by atoms with Gasteiger partial charge >= 0.3 is 0 Å². The quantitative estimate of drug-likeness (QED) is 0.739. The average molecular weight is 243 g/mol. The van der Waals surface area contributed by atoms with Crippen LogP contribution in [0.15, 0.2) is 18.2 Å². The zero-order chi connectivity index (χ0) is 13.1. The van der Waals surface area contributed by atoms with E-state index >= 15 is 0 Å². The van der Waals surface area contributed by atoms with Crippen molar-refractivity contribution >= 4 is 12.0 Å². The number of hydrogen-bond donors (Lipinski definition) is 0. The summed E-state index contributed by atoms with van der Waals surface area (Å²) in [4.78, 5) is 15.3. The Bertz CT molecular complexity index is 492. The average Bonchev–Trinajstić information content (AvgIpc) is 2.38. The van der Waals surface area contributed by atoms with Crippen molar-refractivity contribution in [2.24, 2.45) is 0 Å². The first-order valence-electron chi connectivity index (χ1n) is 6.10. The number of aldehydes is 1. The lowest BCUT2D eigenvalue weighted by atomic mass is 10.1. The van der Waals surface area contributed by atoms with Crippen LogP contribution in [0.1, 0.15) is 22.8 Å². The maximum atomic E-state index is 10.7. The normalized spacial score (nSPS) is 20.5. The lowest BCUT2D eigenvalue weighted by Crippen LogP contribution is -2.50. The molecule has 1 fully saturated rings. The van der Waals surface area contributed by atoms with Crippen LogP contribution in [0.2, 0.25) is 0 Å². The van der Waals surface area contributed by atoms with E-state index in [9.17, 15) is 10.1 Å². The monoisotopic (exact) mass is 243 g/mol. The molecular formula is C14H17N3O. The second-order valence-corrected chi connectivity index (χ2v) is 4.81. The van der Waals surface area contributed by atoms with Gasteiger partial charge in [0.2, 0.25) is 0 Å². The Morgan fingerprint density at radius 2 is 2.22 bits per heavy atom. The summed E-state index contributed by atoms with van der Waals surface area (Å²) in [6, 6.07) is 7.87. The van der Waals surface area contributed by atoms with Gasteiger partial charge in [-0.3, -0.25) is 4.79 Å². The molecule has 2 rings (SSSR count). The highest BCUT2D eigenvalue weighted by Crippen LogP contribution is 2.25. The molecule has 0 bridgehead atoms. The number of carbonyl (C=O) groups is 1. The number of rotatable bonds is 2. The maximum Gasteiger partial charge on any atom is 0.150 e. The van der Waals surface area contributed by atoms with E-state index in [0.29, 0.717) is 17.2 Å². The Hall–Kier alpha value is -1.86. The summed E-state index contributed by atoms with van der Waals surface area (Å²) in [6.07, 6.45) is 0.776. The Morgan fingerprint density at radius 1 is 1.44 bits per heavy atom. The molecule has 1 aliphatic rings. The van der Waals surface area contributed by atoms with Crippen LogP contribution in [0.5, 0.6) is 0 Å². The van der Waals surface area contributed by atoms with Gasteiger partial charge in [-0.25, -0.2) is 0 Å². The topological polar surface area (TPSA) is 47.3 Å². The summed E-state index contributed by atoms with van der Waals surface area (Å²) in [5.74, 6) is 0. The lowest BCUT2D eigenvalue weighted by Gasteiger charge is -2.40. The Kier molecular flexibility index (Phi) is 3.63. The molecule has 1 aromatic rings. The number of anilines is 1. The van der Waals surface area contributed by atoms with Gasteiger partial charge in [-0.2, -0.15) is 5.26 Å². The van der Waals surface area contributed by atoms with E-state index < -0.39 is 0 Å².